The molecule has 0 aromatic heterocycles. The molecule has 0 saturated carbocycles. The van der Waals surface area contributed by atoms with Crippen LogP contribution in [0.5, 0.6) is 0 Å². The molecule has 3 saturated heterocycles. The van der Waals surface area contributed by atoms with E-state index >= 15 is 0 Å². The minimum absolute atomic E-state index is 0.00677. The second-order valence-electron chi connectivity index (χ2n) is 9.40. The lowest BCUT2D eigenvalue weighted by atomic mass is 9.83. The van der Waals surface area contributed by atoms with Crippen molar-refractivity contribution < 1.29 is 22.8 Å². The summed E-state index contributed by atoms with van der Waals surface area (Å²) in [6.07, 6.45) is 1.70. The van der Waals surface area contributed by atoms with Crippen LogP contribution in [0.2, 0.25) is 0 Å². The van der Waals surface area contributed by atoms with Crippen LogP contribution in [0.1, 0.15) is 30.4 Å². The van der Waals surface area contributed by atoms with E-state index in [0.29, 0.717) is 43.5 Å². The average molecular weight is 497 g/mol. The van der Waals surface area contributed by atoms with Gasteiger partial charge in [-0.25, -0.2) is 13.2 Å². The van der Waals surface area contributed by atoms with E-state index in [1.165, 1.54) is 0 Å². The zero-order chi connectivity index (χ0) is 24.6. The van der Waals surface area contributed by atoms with E-state index in [-0.39, 0.29) is 29.4 Å². The molecule has 1 atom stereocenters. The van der Waals surface area contributed by atoms with Crippen LogP contribution in [-0.2, 0) is 25.0 Å². The summed E-state index contributed by atoms with van der Waals surface area (Å²) >= 11 is 0. The first kappa shape index (κ1) is 23.5. The summed E-state index contributed by atoms with van der Waals surface area (Å²) in [5.41, 5.74) is 2.31. The van der Waals surface area contributed by atoms with E-state index in [4.69, 9.17) is 0 Å². The van der Waals surface area contributed by atoms with Crippen molar-refractivity contribution in [2.24, 2.45) is 5.92 Å². The number of piperidine rings is 1. The second-order valence-corrected chi connectivity index (χ2v) is 11.6. The smallest absolute Gasteiger partial charge is 0.314 e. The van der Waals surface area contributed by atoms with Gasteiger partial charge >= 0.3 is 6.03 Å². The van der Waals surface area contributed by atoms with Crippen molar-refractivity contribution in [3.05, 3.63) is 71.8 Å². The number of imide groups is 1. The number of benzene rings is 2. The molecule has 10 heteroatoms. The summed E-state index contributed by atoms with van der Waals surface area (Å²) < 4.78 is 23.6. The third-order valence-electron chi connectivity index (χ3n) is 7.28. The molecule has 3 fully saturated rings. The highest BCUT2D eigenvalue weighted by atomic mass is 32.2. The topological polar surface area (TPSA) is 116 Å². The normalized spacial score (nSPS) is 24.3. The van der Waals surface area contributed by atoms with Crippen LogP contribution in [0, 0.1) is 5.92 Å². The number of hydrogen-bond acceptors (Lipinski definition) is 6. The molecule has 5 rings (SSSR count). The standard InChI is InChI=1S/C25H28N4O5S/c30-22(18-11-14-28(15-12-18)21-13-16-35(33,34)17-21)27-29-23(31)25(26-24(29)32,19-7-3-1-4-8-19)20-9-5-2-6-10-20/h1-10,18,21H,11-17H2,(H,26,32)(H,27,30)/t21-/m0/s1. The molecule has 3 heterocycles. The van der Waals surface area contributed by atoms with Crippen LogP contribution >= 0.6 is 0 Å². The van der Waals surface area contributed by atoms with Gasteiger partial charge in [-0.3, -0.25) is 19.9 Å². The Bertz CT molecular complexity index is 1190. The third-order valence-corrected chi connectivity index (χ3v) is 9.03. The maximum Gasteiger partial charge on any atom is 0.344 e. The Morgan fingerprint density at radius 1 is 0.914 bits per heavy atom. The summed E-state index contributed by atoms with van der Waals surface area (Å²) in [5, 5.41) is 3.61. The average Bonchev–Trinajstić information content (AvgIpc) is 3.37. The van der Waals surface area contributed by atoms with Gasteiger partial charge in [-0.2, -0.15) is 5.01 Å². The Morgan fingerprint density at radius 2 is 1.49 bits per heavy atom. The molecule has 0 aliphatic carbocycles. The lowest BCUT2D eigenvalue weighted by molar-refractivity contribution is -0.140. The first-order chi connectivity index (χ1) is 16.8. The van der Waals surface area contributed by atoms with Crippen molar-refractivity contribution in [1.82, 2.24) is 20.7 Å². The summed E-state index contributed by atoms with van der Waals surface area (Å²) in [6, 6.07) is 17.3. The highest BCUT2D eigenvalue weighted by Gasteiger charge is 2.54. The lowest BCUT2D eigenvalue weighted by Gasteiger charge is -2.35. The van der Waals surface area contributed by atoms with Gasteiger partial charge in [0.15, 0.2) is 15.4 Å². The van der Waals surface area contributed by atoms with E-state index in [0.717, 1.165) is 5.01 Å². The van der Waals surface area contributed by atoms with E-state index in [1.54, 1.807) is 48.5 Å². The first-order valence-electron chi connectivity index (χ1n) is 11.8. The number of likely N-dealkylation sites (tertiary alicyclic amines) is 1. The molecule has 0 bridgehead atoms. The fraction of sp³-hybridized carbons (Fsp3) is 0.400. The third kappa shape index (κ3) is 4.32. The van der Waals surface area contributed by atoms with Crippen LogP contribution in [0.25, 0.3) is 0 Å². The number of rotatable bonds is 5. The predicted octanol–water partition coefficient (Wildman–Crippen LogP) is 1.41. The van der Waals surface area contributed by atoms with E-state index in [1.807, 2.05) is 12.1 Å². The Labute approximate surface area is 204 Å². The predicted molar refractivity (Wildman–Crippen MR) is 129 cm³/mol. The van der Waals surface area contributed by atoms with Crippen molar-refractivity contribution in [3.63, 3.8) is 0 Å². The monoisotopic (exact) mass is 496 g/mol. The maximum atomic E-state index is 13.7. The molecule has 2 aromatic carbocycles. The van der Waals surface area contributed by atoms with Gasteiger partial charge < -0.3 is 5.32 Å². The number of nitrogens with zero attached hydrogens (tertiary/aromatic N) is 2. The van der Waals surface area contributed by atoms with Crippen molar-refractivity contribution in [1.29, 1.82) is 0 Å². The Kier molecular flexibility index (Phi) is 6.10. The van der Waals surface area contributed by atoms with Gasteiger partial charge in [0.2, 0.25) is 5.91 Å². The van der Waals surface area contributed by atoms with Crippen molar-refractivity contribution >= 4 is 27.7 Å². The molecule has 3 aliphatic heterocycles. The molecule has 2 N–H and O–H groups in total. The number of hydrazine groups is 1. The van der Waals surface area contributed by atoms with Gasteiger partial charge in [-0.1, -0.05) is 60.7 Å². The maximum absolute atomic E-state index is 13.7. The second kappa shape index (κ2) is 9.09. The summed E-state index contributed by atoms with van der Waals surface area (Å²) in [5.74, 6) is -0.929. The van der Waals surface area contributed by atoms with Crippen molar-refractivity contribution in [3.8, 4) is 0 Å². The zero-order valence-electron chi connectivity index (χ0n) is 19.2. The number of urea groups is 1. The molecule has 9 nitrogen and oxygen atoms in total. The molecule has 0 unspecified atom stereocenters. The minimum Gasteiger partial charge on any atom is -0.314 e. The summed E-state index contributed by atoms with van der Waals surface area (Å²) in [7, 11) is -2.97. The van der Waals surface area contributed by atoms with Gasteiger partial charge in [-0.15, -0.1) is 0 Å². The molecule has 2 aromatic rings. The van der Waals surface area contributed by atoms with Crippen LogP contribution in [0.15, 0.2) is 60.7 Å². The zero-order valence-corrected chi connectivity index (χ0v) is 20.0. The highest BCUT2D eigenvalue weighted by molar-refractivity contribution is 7.91. The first-order valence-corrected chi connectivity index (χ1v) is 13.6. The highest BCUT2D eigenvalue weighted by Crippen LogP contribution is 2.35. The molecule has 184 valence electrons. The van der Waals surface area contributed by atoms with Crippen molar-refractivity contribution in [2.75, 3.05) is 24.6 Å². The van der Waals surface area contributed by atoms with Gasteiger partial charge in [0, 0.05) is 12.0 Å². The molecule has 3 aliphatic rings. The largest absolute Gasteiger partial charge is 0.344 e. The Morgan fingerprint density at radius 3 is 2.00 bits per heavy atom. The number of sulfone groups is 1. The van der Waals surface area contributed by atoms with Gasteiger partial charge in [-0.05, 0) is 43.5 Å². The number of carbonyl (C=O) groups is 3. The number of nitrogens with one attached hydrogen (secondary N) is 2. The number of carbonyl (C=O) groups excluding carboxylic acids is 3. The van der Waals surface area contributed by atoms with Crippen LogP contribution in [0.4, 0.5) is 4.79 Å². The molecular weight excluding hydrogens is 468 g/mol. The molecular formula is C25H28N4O5S. The van der Waals surface area contributed by atoms with E-state index in [9.17, 15) is 22.8 Å². The number of amides is 4. The van der Waals surface area contributed by atoms with Gasteiger partial charge in [0.05, 0.1) is 11.5 Å². The van der Waals surface area contributed by atoms with Gasteiger partial charge in [0.1, 0.15) is 0 Å². The minimum atomic E-state index is -2.97. The SMILES string of the molecule is O=C(NN1C(=O)NC(c2ccccc2)(c2ccccc2)C1=O)C1CCN([C@H]2CCS(=O)(=O)C2)CC1. The Balaban J connectivity index is 1.30. The van der Waals surface area contributed by atoms with Crippen LogP contribution in [0.3, 0.4) is 0 Å². The summed E-state index contributed by atoms with van der Waals surface area (Å²) in [4.78, 5) is 41.9. The molecule has 35 heavy (non-hydrogen) atoms. The van der Waals surface area contributed by atoms with Crippen LogP contribution in [-0.4, -0.2) is 66.8 Å². The van der Waals surface area contributed by atoms with Gasteiger partial charge in [0.25, 0.3) is 5.91 Å². The number of hydrogen-bond donors (Lipinski definition) is 2. The molecule has 0 radical (unpaired) electrons. The summed E-state index contributed by atoms with van der Waals surface area (Å²) in [6.45, 7) is 1.22. The van der Waals surface area contributed by atoms with E-state index < -0.39 is 27.3 Å². The molecule has 0 spiro atoms. The lowest BCUT2D eigenvalue weighted by Crippen LogP contribution is -2.52. The van der Waals surface area contributed by atoms with Crippen molar-refractivity contribution in [2.45, 2.75) is 30.8 Å². The fourth-order valence-corrected chi connectivity index (χ4v) is 7.12. The Hall–Kier alpha value is -3.24. The molecule has 4 amide bonds. The quantitative estimate of drug-likeness (QED) is 0.605. The fourth-order valence-electron chi connectivity index (χ4n) is 5.36. The van der Waals surface area contributed by atoms with E-state index in [2.05, 4.69) is 15.6 Å². The van der Waals surface area contributed by atoms with Crippen LogP contribution < -0.4 is 10.7 Å².